The molecular formula is C14H30N2O. The van der Waals surface area contributed by atoms with E-state index < -0.39 is 0 Å². The molecule has 0 aliphatic carbocycles. The molecule has 0 amide bonds. The van der Waals surface area contributed by atoms with Gasteiger partial charge in [-0.25, -0.2) is 0 Å². The van der Waals surface area contributed by atoms with Gasteiger partial charge in [0.1, 0.15) is 0 Å². The van der Waals surface area contributed by atoms with Gasteiger partial charge in [0.15, 0.2) is 0 Å². The van der Waals surface area contributed by atoms with Crippen molar-refractivity contribution in [1.82, 2.24) is 10.2 Å². The number of rotatable bonds is 7. The Bertz CT molecular complexity index is 193. The van der Waals surface area contributed by atoms with E-state index >= 15 is 0 Å². The summed E-state index contributed by atoms with van der Waals surface area (Å²) in [4.78, 5) is 2.56. The molecule has 0 radical (unpaired) electrons. The van der Waals surface area contributed by atoms with Crippen molar-refractivity contribution in [1.29, 1.82) is 0 Å². The second-order valence-corrected chi connectivity index (χ2v) is 5.53. The fourth-order valence-corrected chi connectivity index (χ4v) is 3.14. The van der Waals surface area contributed by atoms with Gasteiger partial charge >= 0.3 is 0 Å². The smallest absolute Gasteiger partial charge is 0.0472 e. The van der Waals surface area contributed by atoms with Gasteiger partial charge in [-0.3, -0.25) is 0 Å². The summed E-state index contributed by atoms with van der Waals surface area (Å²) in [5.41, 5.74) is 0.421. The minimum Gasteiger partial charge on any atom is -0.381 e. The average molecular weight is 242 g/mol. The maximum atomic E-state index is 5.52. The lowest BCUT2D eigenvalue weighted by Crippen LogP contribution is -2.48. The van der Waals surface area contributed by atoms with Crippen LogP contribution in [0.3, 0.4) is 0 Å². The van der Waals surface area contributed by atoms with Crippen LogP contribution in [0.5, 0.6) is 0 Å². The molecule has 1 rings (SSSR count). The van der Waals surface area contributed by atoms with Crippen LogP contribution in [0.1, 0.15) is 39.5 Å². The zero-order chi connectivity index (χ0) is 12.7. The first-order valence-corrected chi connectivity index (χ1v) is 7.10. The number of nitrogens with one attached hydrogen (secondary N) is 1. The van der Waals surface area contributed by atoms with Crippen molar-refractivity contribution >= 4 is 0 Å². The molecule has 1 saturated heterocycles. The lowest BCUT2D eigenvalue weighted by Gasteiger charge is -2.42. The summed E-state index contributed by atoms with van der Waals surface area (Å²) in [7, 11) is 4.35. The predicted molar refractivity (Wildman–Crippen MR) is 73.4 cm³/mol. The number of hydrogen-bond donors (Lipinski definition) is 1. The van der Waals surface area contributed by atoms with Crippen molar-refractivity contribution in [3.8, 4) is 0 Å². The van der Waals surface area contributed by atoms with E-state index in [9.17, 15) is 0 Å². The minimum atomic E-state index is 0.421. The van der Waals surface area contributed by atoms with Crippen LogP contribution < -0.4 is 5.32 Å². The Morgan fingerprint density at radius 1 is 1.24 bits per heavy atom. The van der Waals surface area contributed by atoms with Gasteiger partial charge in [0, 0.05) is 32.3 Å². The van der Waals surface area contributed by atoms with Gasteiger partial charge in [-0.1, -0.05) is 13.8 Å². The van der Waals surface area contributed by atoms with Crippen LogP contribution in [0, 0.1) is 5.41 Å². The van der Waals surface area contributed by atoms with E-state index in [1.165, 1.54) is 32.2 Å². The van der Waals surface area contributed by atoms with Crippen molar-refractivity contribution in [2.45, 2.75) is 45.6 Å². The Morgan fingerprint density at radius 2 is 1.82 bits per heavy atom. The van der Waals surface area contributed by atoms with Crippen LogP contribution >= 0.6 is 0 Å². The summed E-state index contributed by atoms with van der Waals surface area (Å²) in [6.07, 6.45) is 4.88. The quantitative estimate of drug-likeness (QED) is 0.740. The Kier molecular flexibility index (Phi) is 6.45. The molecule has 0 bridgehead atoms. The van der Waals surface area contributed by atoms with Crippen molar-refractivity contribution in [2.24, 2.45) is 5.41 Å². The molecule has 0 atom stereocenters. The third kappa shape index (κ3) is 4.23. The van der Waals surface area contributed by atoms with E-state index in [-0.39, 0.29) is 0 Å². The fraction of sp³-hybridized carbons (Fsp3) is 1.00. The third-order valence-electron chi connectivity index (χ3n) is 4.26. The largest absolute Gasteiger partial charge is 0.381 e. The van der Waals surface area contributed by atoms with Gasteiger partial charge in [-0.05, 0) is 45.2 Å². The number of hydrogen-bond acceptors (Lipinski definition) is 3. The third-order valence-corrected chi connectivity index (χ3v) is 4.26. The topological polar surface area (TPSA) is 24.5 Å². The fourth-order valence-electron chi connectivity index (χ4n) is 3.14. The molecular weight excluding hydrogens is 212 g/mol. The summed E-state index contributed by atoms with van der Waals surface area (Å²) in [6, 6.07) is 0.728. The summed E-state index contributed by atoms with van der Waals surface area (Å²) < 4.78 is 5.52. The van der Waals surface area contributed by atoms with Gasteiger partial charge < -0.3 is 15.0 Å². The maximum Gasteiger partial charge on any atom is 0.0472 e. The van der Waals surface area contributed by atoms with Crippen LogP contribution in [0.2, 0.25) is 0 Å². The normalized spacial score (nSPS) is 20.1. The predicted octanol–water partition coefficient (Wildman–Crippen LogP) is 2.12. The molecule has 3 nitrogen and oxygen atoms in total. The molecule has 1 aliphatic rings. The Balaban J connectivity index is 2.58. The van der Waals surface area contributed by atoms with Crippen LogP contribution in [0.25, 0.3) is 0 Å². The Hall–Kier alpha value is -0.120. The van der Waals surface area contributed by atoms with E-state index in [2.05, 4.69) is 38.2 Å². The van der Waals surface area contributed by atoms with Gasteiger partial charge in [-0.15, -0.1) is 0 Å². The highest BCUT2D eigenvalue weighted by molar-refractivity contribution is 4.87. The van der Waals surface area contributed by atoms with Crippen molar-refractivity contribution in [3.05, 3.63) is 0 Å². The molecule has 1 N–H and O–H groups in total. The SMILES string of the molecule is CCC(CC)N(C)CC1(CNC)CCOCC1. The summed E-state index contributed by atoms with van der Waals surface area (Å²) in [6.45, 7) is 8.75. The summed E-state index contributed by atoms with van der Waals surface area (Å²) in [5.74, 6) is 0. The van der Waals surface area contributed by atoms with Crippen molar-refractivity contribution in [2.75, 3.05) is 40.4 Å². The highest BCUT2D eigenvalue weighted by atomic mass is 16.5. The van der Waals surface area contributed by atoms with Crippen molar-refractivity contribution < 1.29 is 4.74 Å². The molecule has 0 aromatic rings. The highest BCUT2D eigenvalue weighted by Crippen LogP contribution is 2.31. The maximum absolute atomic E-state index is 5.52. The number of ether oxygens (including phenoxy) is 1. The van der Waals surface area contributed by atoms with Gasteiger partial charge in [-0.2, -0.15) is 0 Å². The van der Waals surface area contributed by atoms with Gasteiger partial charge in [0.25, 0.3) is 0 Å². The minimum absolute atomic E-state index is 0.421. The summed E-state index contributed by atoms with van der Waals surface area (Å²) in [5, 5.41) is 3.38. The first-order chi connectivity index (χ1) is 8.17. The van der Waals surface area contributed by atoms with Crippen LogP contribution in [-0.4, -0.2) is 51.3 Å². The molecule has 1 heterocycles. The molecule has 17 heavy (non-hydrogen) atoms. The second-order valence-electron chi connectivity index (χ2n) is 5.53. The molecule has 1 aliphatic heterocycles. The lowest BCUT2D eigenvalue weighted by atomic mass is 9.79. The molecule has 0 unspecified atom stereocenters. The van der Waals surface area contributed by atoms with Crippen LogP contribution in [-0.2, 0) is 4.74 Å². The van der Waals surface area contributed by atoms with Crippen LogP contribution in [0.15, 0.2) is 0 Å². The molecule has 1 fully saturated rings. The molecule has 3 heteroatoms. The second kappa shape index (κ2) is 7.34. The van der Waals surface area contributed by atoms with Gasteiger partial charge in [0.05, 0.1) is 0 Å². The van der Waals surface area contributed by atoms with E-state index in [0.29, 0.717) is 5.41 Å². The van der Waals surface area contributed by atoms with Crippen molar-refractivity contribution in [3.63, 3.8) is 0 Å². The zero-order valence-electron chi connectivity index (χ0n) is 12.1. The number of nitrogens with zero attached hydrogens (tertiary/aromatic N) is 1. The Morgan fingerprint density at radius 3 is 2.29 bits per heavy atom. The van der Waals surface area contributed by atoms with Gasteiger partial charge in [0.2, 0.25) is 0 Å². The molecule has 0 aromatic carbocycles. The monoisotopic (exact) mass is 242 g/mol. The Labute approximate surface area is 107 Å². The van der Waals surface area contributed by atoms with E-state index in [1.807, 2.05) is 0 Å². The first-order valence-electron chi connectivity index (χ1n) is 7.10. The highest BCUT2D eigenvalue weighted by Gasteiger charge is 2.34. The van der Waals surface area contributed by atoms with E-state index in [0.717, 1.165) is 25.8 Å². The zero-order valence-corrected chi connectivity index (χ0v) is 12.1. The van der Waals surface area contributed by atoms with E-state index in [1.54, 1.807) is 0 Å². The first kappa shape index (κ1) is 14.9. The molecule has 0 aromatic heterocycles. The van der Waals surface area contributed by atoms with Crippen LogP contribution in [0.4, 0.5) is 0 Å². The van der Waals surface area contributed by atoms with E-state index in [4.69, 9.17) is 4.74 Å². The summed E-state index contributed by atoms with van der Waals surface area (Å²) >= 11 is 0. The molecule has 0 spiro atoms. The average Bonchev–Trinajstić information content (AvgIpc) is 2.31. The lowest BCUT2D eigenvalue weighted by molar-refractivity contribution is -0.00636. The molecule has 0 saturated carbocycles. The molecule has 102 valence electrons. The standard InChI is InChI=1S/C14H30N2O/c1-5-13(6-2)16(4)12-14(11-15-3)7-9-17-10-8-14/h13,15H,5-12H2,1-4H3.